The molecule has 0 saturated carbocycles. The summed E-state index contributed by atoms with van der Waals surface area (Å²) in [7, 11) is 0. The zero-order chi connectivity index (χ0) is 13.4. The average molecular weight is 335 g/mol. The van der Waals surface area contributed by atoms with Crippen LogP contribution in [-0.2, 0) is 4.79 Å². The molecule has 1 amide bonds. The number of rotatable bonds is 1. The van der Waals surface area contributed by atoms with Gasteiger partial charge in [-0.1, -0.05) is 39.7 Å². The van der Waals surface area contributed by atoms with Crippen LogP contribution in [-0.4, -0.2) is 5.91 Å². The number of benzene rings is 2. The van der Waals surface area contributed by atoms with Crippen LogP contribution in [0.4, 0.5) is 5.69 Å². The summed E-state index contributed by atoms with van der Waals surface area (Å²) in [4.78, 5) is 12.0. The second-order valence-corrected chi connectivity index (χ2v) is 5.61. The molecule has 1 N–H and O–H groups in total. The van der Waals surface area contributed by atoms with Crippen molar-refractivity contribution in [2.45, 2.75) is 0 Å². The van der Waals surface area contributed by atoms with E-state index in [1.807, 2.05) is 36.4 Å². The Morgan fingerprint density at radius 3 is 2.58 bits per heavy atom. The number of fused-ring (bicyclic) bond motifs is 1. The first-order chi connectivity index (χ1) is 9.13. The van der Waals surface area contributed by atoms with E-state index < -0.39 is 0 Å². The summed E-state index contributed by atoms with van der Waals surface area (Å²) < 4.78 is 1.01. The van der Waals surface area contributed by atoms with Crippen LogP contribution in [0.2, 0.25) is 5.02 Å². The van der Waals surface area contributed by atoms with E-state index in [2.05, 4.69) is 21.2 Å². The third-order valence-electron chi connectivity index (χ3n) is 2.95. The normalized spacial score (nSPS) is 15.5. The Morgan fingerprint density at radius 2 is 1.84 bits per heavy atom. The van der Waals surface area contributed by atoms with Gasteiger partial charge in [0.1, 0.15) is 0 Å². The molecule has 1 heterocycles. The van der Waals surface area contributed by atoms with Gasteiger partial charge in [-0.2, -0.15) is 0 Å². The molecule has 2 nitrogen and oxygen atoms in total. The molecule has 19 heavy (non-hydrogen) atoms. The molecule has 0 unspecified atom stereocenters. The Hall–Kier alpha value is -1.58. The molecule has 2 aromatic carbocycles. The van der Waals surface area contributed by atoms with Crippen LogP contribution in [0.5, 0.6) is 0 Å². The van der Waals surface area contributed by atoms with Crippen molar-refractivity contribution >= 4 is 50.8 Å². The highest BCUT2D eigenvalue weighted by Crippen LogP contribution is 2.34. The minimum atomic E-state index is -0.0971. The fourth-order valence-corrected chi connectivity index (χ4v) is 2.47. The summed E-state index contributed by atoms with van der Waals surface area (Å²) in [5.41, 5.74) is 3.26. The SMILES string of the molecule is O=C1Nc2ccc(Cl)cc2/C1=C/c1ccc(Br)cc1. The van der Waals surface area contributed by atoms with Gasteiger partial charge in [0, 0.05) is 26.3 Å². The van der Waals surface area contributed by atoms with E-state index in [-0.39, 0.29) is 5.91 Å². The van der Waals surface area contributed by atoms with Crippen molar-refractivity contribution in [3.8, 4) is 0 Å². The Morgan fingerprint density at radius 1 is 1.11 bits per heavy atom. The summed E-state index contributed by atoms with van der Waals surface area (Å²) in [5.74, 6) is -0.0971. The van der Waals surface area contributed by atoms with Crippen molar-refractivity contribution in [1.82, 2.24) is 0 Å². The number of carbonyl (C=O) groups excluding carboxylic acids is 1. The minimum Gasteiger partial charge on any atom is -0.321 e. The predicted molar refractivity (Wildman–Crippen MR) is 82.1 cm³/mol. The number of carbonyl (C=O) groups is 1. The van der Waals surface area contributed by atoms with Gasteiger partial charge in [0.2, 0.25) is 0 Å². The Kier molecular flexibility index (Phi) is 3.17. The fraction of sp³-hybridized carbons (Fsp3) is 0. The number of halogens is 2. The monoisotopic (exact) mass is 333 g/mol. The summed E-state index contributed by atoms with van der Waals surface area (Å²) in [6.07, 6.45) is 1.87. The molecule has 0 aliphatic carbocycles. The highest BCUT2D eigenvalue weighted by Gasteiger charge is 2.23. The van der Waals surface area contributed by atoms with E-state index in [4.69, 9.17) is 11.6 Å². The third-order valence-corrected chi connectivity index (χ3v) is 3.71. The van der Waals surface area contributed by atoms with Crippen molar-refractivity contribution in [3.05, 3.63) is 63.1 Å². The van der Waals surface area contributed by atoms with Crippen LogP contribution < -0.4 is 5.32 Å². The van der Waals surface area contributed by atoms with E-state index in [0.717, 1.165) is 21.3 Å². The van der Waals surface area contributed by atoms with E-state index in [1.165, 1.54) is 0 Å². The molecular formula is C15H9BrClNO. The molecule has 4 heteroatoms. The average Bonchev–Trinajstić information content (AvgIpc) is 2.69. The van der Waals surface area contributed by atoms with E-state index in [1.54, 1.807) is 12.1 Å². The summed E-state index contributed by atoms with van der Waals surface area (Å²) in [6.45, 7) is 0. The van der Waals surface area contributed by atoms with Gasteiger partial charge in [0.25, 0.3) is 5.91 Å². The quantitative estimate of drug-likeness (QED) is 0.759. The fourth-order valence-electron chi connectivity index (χ4n) is 2.03. The number of hydrogen-bond donors (Lipinski definition) is 1. The van der Waals surface area contributed by atoms with Crippen LogP contribution in [0.15, 0.2) is 46.9 Å². The zero-order valence-electron chi connectivity index (χ0n) is 9.78. The molecule has 2 aromatic rings. The van der Waals surface area contributed by atoms with Gasteiger partial charge in [-0.25, -0.2) is 0 Å². The smallest absolute Gasteiger partial charge is 0.256 e. The van der Waals surface area contributed by atoms with Gasteiger partial charge >= 0.3 is 0 Å². The molecule has 0 atom stereocenters. The highest BCUT2D eigenvalue weighted by molar-refractivity contribution is 9.10. The van der Waals surface area contributed by atoms with Crippen LogP contribution in [0.3, 0.4) is 0 Å². The van der Waals surface area contributed by atoms with Crippen molar-refractivity contribution in [1.29, 1.82) is 0 Å². The molecule has 3 rings (SSSR count). The molecule has 1 aliphatic rings. The molecule has 0 aromatic heterocycles. The maximum atomic E-state index is 12.0. The molecule has 0 fully saturated rings. The summed E-state index contributed by atoms with van der Waals surface area (Å²) in [6, 6.07) is 13.2. The van der Waals surface area contributed by atoms with E-state index in [0.29, 0.717) is 10.6 Å². The topological polar surface area (TPSA) is 29.1 Å². The minimum absolute atomic E-state index is 0.0971. The van der Waals surface area contributed by atoms with E-state index >= 15 is 0 Å². The van der Waals surface area contributed by atoms with Gasteiger partial charge in [-0.05, 0) is 42.0 Å². The first kappa shape index (κ1) is 12.5. The lowest BCUT2D eigenvalue weighted by Crippen LogP contribution is -2.03. The van der Waals surface area contributed by atoms with Gasteiger partial charge in [0.05, 0.1) is 0 Å². The molecule has 0 spiro atoms. The molecule has 0 saturated heterocycles. The molecule has 0 radical (unpaired) electrons. The van der Waals surface area contributed by atoms with Gasteiger partial charge < -0.3 is 5.32 Å². The summed E-state index contributed by atoms with van der Waals surface area (Å²) >= 11 is 9.38. The van der Waals surface area contributed by atoms with Gasteiger partial charge in [-0.15, -0.1) is 0 Å². The third kappa shape index (κ3) is 2.44. The van der Waals surface area contributed by atoms with Crippen molar-refractivity contribution in [2.75, 3.05) is 5.32 Å². The molecular weight excluding hydrogens is 326 g/mol. The van der Waals surface area contributed by atoms with Gasteiger partial charge in [-0.3, -0.25) is 4.79 Å². The van der Waals surface area contributed by atoms with Crippen molar-refractivity contribution < 1.29 is 4.79 Å². The number of nitrogens with one attached hydrogen (secondary N) is 1. The Balaban J connectivity index is 2.08. The molecule has 0 bridgehead atoms. The highest BCUT2D eigenvalue weighted by atomic mass is 79.9. The van der Waals surface area contributed by atoms with Gasteiger partial charge in [0.15, 0.2) is 0 Å². The van der Waals surface area contributed by atoms with Crippen LogP contribution in [0.25, 0.3) is 11.6 Å². The molecule has 94 valence electrons. The number of hydrogen-bond acceptors (Lipinski definition) is 1. The molecule has 1 aliphatic heterocycles. The first-order valence-corrected chi connectivity index (χ1v) is 6.89. The maximum Gasteiger partial charge on any atom is 0.256 e. The number of anilines is 1. The largest absolute Gasteiger partial charge is 0.321 e. The lowest BCUT2D eigenvalue weighted by atomic mass is 10.0. The van der Waals surface area contributed by atoms with Crippen LogP contribution >= 0.6 is 27.5 Å². The second-order valence-electron chi connectivity index (χ2n) is 4.25. The predicted octanol–water partition coefficient (Wildman–Crippen LogP) is 4.60. The standard InChI is InChI=1S/C15H9BrClNO/c16-10-3-1-9(2-4-10)7-13-12-8-11(17)5-6-14(12)18-15(13)19/h1-8H,(H,18,19)/b13-7-. The Bertz CT molecular complexity index is 692. The lowest BCUT2D eigenvalue weighted by molar-refractivity contribution is -0.110. The lowest BCUT2D eigenvalue weighted by Gasteiger charge is -2.00. The van der Waals surface area contributed by atoms with E-state index in [9.17, 15) is 4.79 Å². The first-order valence-electron chi connectivity index (χ1n) is 5.72. The zero-order valence-corrected chi connectivity index (χ0v) is 12.1. The van der Waals surface area contributed by atoms with Crippen molar-refractivity contribution in [3.63, 3.8) is 0 Å². The van der Waals surface area contributed by atoms with Crippen molar-refractivity contribution in [2.24, 2.45) is 0 Å². The second kappa shape index (κ2) is 4.83. The Labute approximate surface area is 124 Å². The van der Waals surface area contributed by atoms with Crippen LogP contribution in [0, 0.1) is 0 Å². The number of amides is 1. The summed E-state index contributed by atoms with van der Waals surface area (Å²) in [5, 5.41) is 3.45. The van der Waals surface area contributed by atoms with Crippen LogP contribution in [0.1, 0.15) is 11.1 Å². The maximum absolute atomic E-state index is 12.0.